The number of carbonyl (C=O) groups excluding carboxylic acids is 1. The Labute approximate surface area is 114 Å². The smallest absolute Gasteiger partial charge is 0.329 e. The van der Waals surface area contributed by atoms with E-state index in [-0.39, 0.29) is 6.03 Å². The number of aliphatic carboxylic acids is 1. The molecule has 1 heterocycles. The summed E-state index contributed by atoms with van der Waals surface area (Å²) in [7, 11) is 0. The van der Waals surface area contributed by atoms with Crippen molar-refractivity contribution in [2.75, 3.05) is 32.7 Å². The Hall–Kier alpha value is -1.30. The van der Waals surface area contributed by atoms with E-state index in [1.165, 1.54) is 17.7 Å². The van der Waals surface area contributed by atoms with E-state index in [0.29, 0.717) is 13.1 Å². The summed E-state index contributed by atoms with van der Waals surface area (Å²) in [5, 5.41) is 12.0. The van der Waals surface area contributed by atoms with E-state index in [9.17, 15) is 9.59 Å². The minimum atomic E-state index is -1.19. The van der Waals surface area contributed by atoms with E-state index < -0.39 is 11.5 Å². The average molecular weight is 271 g/mol. The number of likely N-dealkylation sites (tertiary alicyclic amines) is 1. The number of carboxylic acids is 1. The third kappa shape index (κ3) is 4.09. The van der Waals surface area contributed by atoms with Crippen molar-refractivity contribution in [2.45, 2.75) is 39.2 Å². The van der Waals surface area contributed by atoms with Gasteiger partial charge in [-0.3, -0.25) is 0 Å². The van der Waals surface area contributed by atoms with Crippen LogP contribution < -0.4 is 5.32 Å². The number of carbonyl (C=O) groups is 2. The Balaban J connectivity index is 2.43. The minimum Gasteiger partial charge on any atom is -0.480 e. The van der Waals surface area contributed by atoms with Gasteiger partial charge in [0.25, 0.3) is 0 Å². The fourth-order valence-corrected chi connectivity index (χ4v) is 2.33. The fraction of sp³-hybridized carbons (Fsp3) is 0.846. The number of hydrogen-bond donors (Lipinski definition) is 2. The maximum absolute atomic E-state index is 12.0. The van der Waals surface area contributed by atoms with Gasteiger partial charge in [0, 0.05) is 19.6 Å². The second-order valence-corrected chi connectivity index (χ2v) is 5.39. The first-order chi connectivity index (χ1) is 8.89. The highest BCUT2D eigenvalue weighted by Crippen LogP contribution is 2.14. The van der Waals surface area contributed by atoms with Crippen LogP contribution in [0, 0.1) is 0 Å². The Bertz CT molecular complexity index is 325. The van der Waals surface area contributed by atoms with Crippen LogP contribution in [0.2, 0.25) is 0 Å². The van der Waals surface area contributed by atoms with E-state index >= 15 is 0 Å². The summed E-state index contributed by atoms with van der Waals surface area (Å²) in [6, 6.07) is -0.311. The van der Waals surface area contributed by atoms with Gasteiger partial charge in [0.1, 0.15) is 5.54 Å². The number of carboxylic acid groups (broad SMARTS) is 1. The maximum Gasteiger partial charge on any atom is 0.329 e. The van der Waals surface area contributed by atoms with E-state index in [2.05, 4.69) is 10.2 Å². The Morgan fingerprint density at radius 3 is 2.37 bits per heavy atom. The zero-order valence-corrected chi connectivity index (χ0v) is 12.1. The molecule has 0 aromatic heterocycles. The van der Waals surface area contributed by atoms with Crippen molar-refractivity contribution < 1.29 is 14.7 Å². The molecule has 2 amide bonds. The van der Waals surface area contributed by atoms with Crippen LogP contribution in [-0.4, -0.2) is 65.2 Å². The quantitative estimate of drug-likeness (QED) is 0.755. The van der Waals surface area contributed by atoms with Crippen LogP contribution in [0.25, 0.3) is 0 Å². The lowest BCUT2D eigenvalue weighted by Crippen LogP contribution is -2.56. The van der Waals surface area contributed by atoms with Crippen LogP contribution >= 0.6 is 0 Å². The summed E-state index contributed by atoms with van der Waals surface area (Å²) in [6.07, 6.45) is 2.45. The van der Waals surface area contributed by atoms with Gasteiger partial charge in [0.15, 0.2) is 0 Å². The van der Waals surface area contributed by atoms with E-state index in [4.69, 9.17) is 5.11 Å². The predicted octanol–water partition coefficient (Wildman–Crippen LogP) is 0.977. The summed E-state index contributed by atoms with van der Waals surface area (Å²) in [5.41, 5.74) is -1.19. The number of rotatable bonds is 6. The minimum absolute atomic E-state index is 0.311. The third-order valence-electron chi connectivity index (χ3n) is 3.66. The summed E-state index contributed by atoms with van der Waals surface area (Å²) in [4.78, 5) is 26.9. The molecular weight excluding hydrogens is 246 g/mol. The van der Waals surface area contributed by atoms with Gasteiger partial charge in [0.05, 0.1) is 0 Å². The summed E-state index contributed by atoms with van der Waals surface area (Å²) < 4.78 is 0. The fourth-order valence-electron chi connectivity index (χ4n) is 2.33. The van der Waals surface area contributed by atoms with Crippen molar-refractivity contribution >= 4 is 12.0 Å². The highest BCUT2D eigenvalue weighted by atomic mass is 16.4. The van der Waals surface area contributed by atoms with Gasteiger partial charge in [-0.05, 0) is 46.7 Å². The van der Waals surface area contributed by atoms with Gasteiger partial charge in [-0.25, -0.2) is 9.59 Å². The molecule has 0 saturated carbocycles. The van der Waals surface area contributed by atoms with Gasteiger partial charge >= 0.3 is 12.0 Å². The van der Waals surface area contributed by atoms with E-state index in [1.54, 1.807) is 20.8 Å². The lowest BCUT2D eigenvalue weighted by Gasteiger charge is -2.34. The molecule has 1 aliphatic heterocycles. The molecule has 1 saturated heterocycles. The molecule has 1 rings (SSSR count). The molecule has 0 radical (unpaired) electrons. The molecule has 1 aliphatic rings. The van der Waals surface area contributed by atoms with Gasteiger partial charge < -0.3 is 20.2 Å². The number of amides is 2. The molecule has 6 heteroatoms. The largest absolute Gasteiger partial charge is 0.480 e. The molecule has 0 aliphatic carbocycles. The number of nitrogens with zero attached hydrogens (tertiary/aromatic N) is 2. The molecule has 1 fully saturated rings. The average Bonchev–Trinajstić information content (AvgIpc) is 2.82. The highest BCUT2D eigenvalue weighted by Gasteiger charge is 2.36. The van der Waals surface area contributed by atoms with Crippen LogP contribution in [-0.2, 0) is 4.79 Å². The Kier molecular flexibility index (Phi) is 5.60. The van der Waals surface area contributed by atoms with Crippen molar-refractivity contribution in [3.05, 3.63) is 0 Å². The van der Waals surface area contributed by atoms with Gasteiger partial charge in [-0.1, -0.05) is 0 Å². The Morgan fingerprint density at radius 1 is 1.32 bits per heavy atom. The molecule has 0 aromatic carbocycles. The standard InChI is InChI=1S/C13H25N3O3/c1-4-16(13(2,3)11(17)18)12(19)14-7-10-15-8-5-6-9-15/h4-10H2,1-3H3,(H,14,19)(H,17,18). The van der Waals surface area contributed by atoms with Gasteiger partial charge in [-0.15, -0.1) is 0 Å². The number of nitrogens with one attached hydrogen (secondary N) is 1. The van der Waals surface area contributed by atoms with Crippen molar-refractivity contribution in [1.29, 1.82) is 0 Å². The second-order valence-electron chi connectivity index (χ2n) is 5.39. The molecule has 2 N–H and O–H groups in total. The molecule has 0 bridgehead atoms. The first-order valence-corrected chi connectivity index (χ1v) is 6.90. The Morgan fingerprint density at radius 2 is 1.89 bits per heavy atom. The summed E-state index contributed by atoms with van der Waals surface area (Å²) >= 11 is 0. The lowest BCUT2D eigenvalue weighted by molar-refractivity contribution is -0.147. The molecule has 0 aromatic rings. The number of hydrogen-bond acceptors (Lipinski definition) is 3. The second kappa shape index (κ2) is 6.75. The normalized spacial score (nSPS) is 16.4. The molecule has 110 valence electrons. The summed E-state index contributed by atoms with van der Waals surface area (Å²) in [6.45, 7) is 8.81. The number of urea groups is 1. The molecule has 0 atom stereocenters. The third-order valence-corrected chi connectivity index (χ3v) is 3.66. The van der Waals surface area contributed by atoms with Gasteiger partial charge in [-0.2, -0.15) is 0 Å². The molecule has 19 heavy (non-hydrogen) atoms. The van der Waals surface area contributed by atoms with Crippen LogP contribution in [0.3, 0.4) is 0 Å². The lowest BCUT2D eigenvalue weighted by atomic mass is 10.0. The predicted molar refractivity (Wildman–Crippen MR) is 73.2 cm³/mol. The molecular formula is C13H25N3O3. The number of likely N-dealkylation sites (N-methyl/N-ethyl adjacent to an activating group) is 1. The van der Waals surface area contributed by atoms with Crippen LogP contribution in [0.5, 0.6) is 0 Å². The van der Waals surface area contributed by atoms with Crippen LogP contribution in [0.15, 0.2) is 0 Å². The SMILES string of the molecule is CCN(C(=O)NCCN1CCCC1)C(C)(C)C(=O)O. The first kappa shape index (κ1) is 15.8. The van der Waals surface area contributed by atoms with Crippen LogP contribution in [0.4, 0.5) is 4.79 Å². The van der Waals surface area contributed by atoms with Gasteiger partial charge in [0.2, 0.25) is 0 Å². The highest BCUT2D eigenvalue weighted by molar-refractivity contribution is 5.85. The monoisotopic (exact) mass is 271 g/mol. The zero-order chi connectivity index (χ0) is 14.5. The maximum atomic E-state index is 12.0. The van der Waals surface area contributed by atoms with E-state index in [0.717, 1.165) is 19.6 Å². The van der Waals surface area contributed by atoms with Crippen molar-refractivity contribution in [3.63, 3.8) is 0 Å². The van der Waals surface area contributed by atoms with Crippen molar-refractivity contribution in [3.8, 4) is 0 Å². The first-order valence-electron chi connectivity index (χ1n) is 6.90. The molecule has 6 nitrogen and oxygen atoms in total. The molecule has 0 unspecified atom stereocenters. The van der Waals surface area contributed by atoms with Crippen LogP contribution in [0.1, 0.15) is 33.6 Å². The zero-order valence-electron chi connectivity index (χ0n) is 12.1. The van der Waals surface area contributed by atoms with E-state index in [1.807, 2.05) is 0 Å². The summed E-state index contributed by atoms with van der Waals surface area (Å²) in [5.74, 6) is -0.996. The van der Waals surface area contributed by atoms with Crippen molar-refractivity contribution in [1.82, 2.24) is 15.1 Å². The van der Waals surface area contributed by atoms with Crippen molar-refractivity contribution in [2.24, 2.45) is 0 Å². The molecule has 0 spiro atoms. The topological polar surface area (TPSA) is 72.9 Å².